The molecule has 3 aromatic carbocycles. The largest absolute Gasteiger partial charge is 0.465 e. The number of halogens is 3. The maximum absolute atomic E-state index is 13.4. The van der Waals surface area contributed by atoms with Crippen LogP contribution in [0.4, 0.5) is 13.2 Å². The molecule has 0 spiro atoms. The first-order chi connectivity index (χ1) is 15.8. The Hall–Kier alpha value is -4.27. The number of fused-ring (bicyclic) bond motifs is 1. The van der Waals surface area contributed by atoms with Crippen molar-refractivity contribution >= 4 is 22.8 Å². The Morgan fingerprint density at radius 2 is 1.39 bits per heavy atom. The van der Waals surface area contributed by atoms with Gasteiger partial charge in [-0.15, -0.1) is 0 Å². The van der Waals surface area contributed by atoms with Gasteiger partial charge in [-0.3, -0.25) is 0 Å². The first-order valence-electron chi connectivity index (χ1n) is 9.49. The zero-order valence-electron chi connectivity index (χ0n) is 17.5. The highest BCUT2D eigenvalue weighted by molar-refractivity contribution is 5.93. The molecule has 0 atom stereocenters. The number of esters is 2. The Morgan fingerprint density at radius 3 is 2.06 bits per heavy atom. The van der Waals surface area contributed by atoms with Gasteiger partial charge in [-0.1, -0.05) is 6.07 Å². The second-order valence-electron chi connectivity index (χ2n) is 6.54. The van der Waals surface area contributed by atoms with Gasteiger partial charge in [-0.2, -0.15) is 0 Å². The number of H-pyrrole nitrogens is 1. The number of hydrogen-bond donors (Lipinski definition) is 1. The van der Waals surface area contributed by atoms with Gasteiger partial charge in [0.05, 0.1) is 19.8 Å². The van der Waals surface area contributed by atoms with Crippen LogP contribution in [0.3, 0.4) is 0 Å². The minimum absolute atomic E-state index is 0.121. The molecule has 1 aromatic heterocycles. The van der Waals surface area contributed by atoms with Crippen LogP contribution in [0.5, 0.6) is 11.5 Å². The molecule has 0 saturated carbocycles. The zero-order valence-corrected chi connectivity index (χ0v) is 17.5. The Bertz CT molecular complexity index is 1300. The van der Waals surface area contributed by atoms with Gasteiger partial charge in [0.25, 0.3) is 0 Å². The number of aromatic nitrogens is 1. The lowest BCUT2D eigenvalue weighted by molar-refractivity contribution is 0.0587. The molecule has 0 aliphatic rings. The van der Waals surface area contributed by atoms with Crippen LogP contribution in [0.1, 0.15) is 20.7 Å². The van der Waals surface area contributed by atoms with Crippen LogP contribution in [-0.2, 0) is 9.47 Å². The Balaban J connectivity index is 0.000000218. The number of ether oxygens (including phenoxy) is 3. The van der Waals surface area contributed by atoms with E-state index in [0.717, 1.165) is 36.2 Å². The van der Waals surface area contributed by atoms with Crippen LogP contribution in [-0.4, -0.2) is 31.1 Å². The minimum Gasteiger partial charge on any atom is -0.465 e. The Kier molecular flexibility index (Phi) is 7.34. The molecule has 1 N–H and O–H groups in total. The lowest BCUT2D eigenvalue weighted by Gasteiger charge is -2.11. The monoisotopic (exact) mass is 457 g/mol. The van der Waals surface area contributed by atoms with E-state index >= 15 is 0 Å². The van der Waals surface area contributed by atoms with Crippen LogP contribution in [0.15, 0.2) is 66.9 Å². The molecule has 1 heterocycles. The van der Waals surface area contributed by atoms with Gasteiger partial charge in [-0.25, -0.2) is 22.8 Å². The second kappa shape index (κ2) is 10.4. The van der Waals surface area contributed by atoms with Crippen molar-refractivity contribution in [3.8, 4) is 11.5 Å². The van der Waals surface area contributed by atoms with Crippen LogP contribution in [0.2, 0.25) is 0 Å². The number of hydrogen-bond acceptors (Lipinski definition) is 5. The van der Waals surface area contributed by atoms with E-state index in [2.05, 4.69) is 14.5 Å². The summed E-state index contributed by atoms with van der Waals surface area (Å²) in [5, 5.41) is 0.845. The smallest absolute Gasteiger partial charge is 0.341 e. The maximum atomic E-state index is 13.4. The lowest BCUT2D eigenvalue weighted by Crippen LogP contribution is -2.04. The predicted octanol–water partition coefficient (Wildman–Crippen LogP) is 5.64. The quantitative estimate of drug-likeness (QED) is 0.402. The predicted molar refractivity (Wildman–Crippen MR) is 114 cm³/mol. The summed E-state index contributed by atoms with van der Waals surface area (Å²) in [5.74, 6) is -2.86. The van der Waals surface area contributed by atoms with E-state index in [0.29, 0.717) is 11.8 Å². The standard InChI is InChI=1S/C16H12FNO3.C8H6F2O2/c1-20-16(19)12-6-5-10(17)9-15(12)21-14-4-2-3-13-11(14)7-8-18-13;1-12-8(11)6-3-2-5(9)4-7(6)10/h2-9,18H,1H3;2-4H,1H3. The highest BCUT2D eigenvalue weighted by Crippen LogP contribution is 2.32. The first kappa shape index (κ1) is 23.4. The molecule has 0 aliphatic carbocycles. The van der Waals surface area contributed by atoms with Gasteiger partial charge in [0.1, 0.15) is 34.5 Å². The SMILES string of the molecule is COC(=O)c1ccc(F)cc1F.COC(=O)c1ccc(F)cc1Oc1cccc2[nH]ccc12. The highest BCUT2D eigenvalue weighted by atomic mass is 19.1. The average molecular weight is 457 g/mol. The van der Waals surface area contributed by atoms with E-state index < -0.39 is 29.4 Å². The van der Waals surface area contributed by atoms with E-state index in [1.54, 1.807) is 12.3 Å². The lowest BCUT2D eigenvalue weighted by atomic mass is 10.2. The molecule has 33 heavy (non-hydrogen) atoms. The van der Waals surface area contributed by atoms with Gasteiger partial charge in [0.15, 0.2) is 0 Å². The summed E-state index contributed by atoms with van der Waals surface area (Å²) in [7, 11) is 2.40. The van der Waals surface area contributed by atoms with Crippen molar-refractivity contribution in [1.82, 2.24) is 4.98 Å². The number of carbonyl (C=O) groups is 2. The van der Waals surface area contributed by atoms with E-state index in [4.69, 9.17) is 4.74 Å². The number of methoxy groups -OCH3 is 2. The van der Waals surface area contributed by atoms with Gasteiger partial charge >= 0.3 is 11.9 Å². The van der Waals surface area contributed by atoms with E-state index in [1.165, 1.54) is 19.2 Å². The molecule has 6 nitrogen and oxygen atoms in total. The van der Waals surface area contributed by atoms with Crippen molar-refractivity contribution in [2.75, 3.05) is 14.2 Å². The number of nitrogens with one attached hydrogen (secondary N) is 1. The molecular weight excluding hydrogens is 439 g/mol. The summed E-state index contributed by atoms with van der Waals surface area (Å²) in [6, 6.07) is 13.7. The molecule has 0 unspecified atom stereocenters. The van der Waals surface area contributed by atoms with E-state index in [9.17, 15) is 22.8 Å². The normalized spacial score (nSPS) is 10.2. The van der Waals surface area contributed by atoms with Crippen LogP contribution < -0.4 is 4.74 Å². The molecular formula is C24H18F3NO5. The van der Waals surface area contributed by atoms with Gasteiger partial charge in [-0.05, 0) is 42.5 Å². The number of rotatable bonds is 4. The van der Waals surface area contributed by atoms with Crippen molar-refractivity contribution in [1.29, 1.82) is 0 Å². The van der Waals surface area contributed by atoms with Crippen molar-refractivity contribution in [3.63, 3.8) is 0 Å². The zero-order chi connectivity index (χ0) is 24.0. The highest BCUT2D eigenvalue weighted by Gasteiger charge is 2.16. The topological polar surface area (TPSA) is 77.6 Å². The third-order valence-corrected chi connectivity index (χ3v) is 4.46. The van der Waals surface area contributed by atoms with Crippen LogP contribution in [0, 0.1) is 17.5 Å². The molecule has 0 aliphatic heterocycles. The third kappa shape index (κ3) is 5.51. The summed E-state index contributed by atoms with van der Waals surface area (Å²) in [6.07, 6.45) is 1.78. The van der Waals surface area contributed by atoms with E-state index in [1.807, 2.05) is 18.2 Å². The molecule has 0 saturated heterocycles. The Morgan fingerprint density at radius 1 is 0.758 bits per heavy atom. The number of benzene rings is 3. The number of carbonyl (C=O) groups excluding carboxylic acids is 2. The third-order valence-electron chi connectivity index (χ3n) is 4.46. The van der Waals surface area contributed by atoms with Crippen molar-refractivity contribution in [2.45, 2.75) is 0 Å². The van der Waals surface area contributed by atoms with Gasteiger partial charge in [0.2, 0.25) is 0 Å². The molecule has 0 amide bonds. The summed E-state index contributed by atoms with van der Waals surface area (Å²) >= 11 is 0. The molecule has 170 valence electrons. The van der Waals surface area contributed by atoms with Crippen molar-refractivity contribution in [3.05, 3.63) is 95.4 Å². The fourth-order valence-corrected chi connectivity index (χ4v) is 2.89. The van der Waals surface area contributed by atoms with Gasteiger partial charge in [0, 0.05) is 29.2 Å². The minimum atomic E-state index is -0.915. The summed E-state index contributed by atoms with van der Waals surface area (Å²) in [6.45, 7) is 0. The fourth-order valence-electron chi connectivity index (χ4n) is 2.89. The fraction of sp³-hybridized carbons (Fsp3) is 0.0833. The molecule has 0 fully saturated rings. The van der Waals surface area contributed by atoms with Crippen LogP contribution >= 0.6 is 0 Å². The maximum Gasteiger partial charge on any atom is 0.341 e. The van der Waals surface area contributed by atoms with E-state index in [-0.39, 0.29) is 16.9 Å². The number of aromatic amines is 1. The van der Waals surface area contributed by atoms with Gasteiger partial charge < -0.3 is 19.2 Å². The summed E-state index contributed by atoms with van der Waals surface area (Å²) in [4.78, 5) is 25.5. The summed E-state index contributed by atoms with van der Waals surface area (Å²) in [5.41, 5.74) is 0.800. The molecule has 4 rings (SSSR count). The first-order valence-corrected chi connectivity index (χ1v) is 9.49. The Labute approximate surface area is 186 Å². The van der Waals surface area contributed by atoms with Crippen molar-refractivity contribution in [2.24, 2.45) is 0 Å². The molecule has 0 bridgehead atoms. The molecule has 9 heteroatoms. The molecule has 0 radical (unpaired) electrons. The molecule has 4 aromatic rings. The average Bonchev–Trinajstić information content (AvgIpc) is 3.29. The van der Waals surface area contributed by atoms with Crippen LogP contribution in [0.25, 0.3) is 10.9 Å². The second-order valence-corrected chi connectivity index (χ2v) is 6.54. The van der Waals surface area contributed by atoms with Crippen molar-refractivity contribution < 1.29 is 37.0 Å². The summed E-state index contributed by atoms with van der Waals surface area (Å²) < 4.78 is 53.2.